The van der Waals surface area contributed by atoms with E-state index in [4.69, 9.17) is 14.6 Å². The Kier molecular flexibility index (Phi) is 4.41. The number of hydrogen-bond donors (Lipinski definition) is 0. The first kappa shape index (κ1) is 18.0. The molecule has 0 radical (unpaired) electrons. The first-order valence-corrected chi connectivity index (χ1v) is 9.77. The van der Waals surface area contributed by atoms with Crippen LogP contribution in [0.15, 0.2) is 34.9 Å². The SMILES string of the molecule is C=CCC1C=C(C)C(c2noc(-c3nn(C)c4c3CCC(C)(C)C4)n2)=CC1. The van der Waals surface area contributed by atoms with Gasteiger partial charge in [-0.1, -0.05) is 37.2 Å². The second-order valence-electron chi connectivity index (χ2n) is 8.65. The lowest BCUT2D eigenvalue weighted by atomic mass is 9.76. The summed E-state index contributed by atoms with van der Waals surface area (Å²) in [6, 6.07) is 0. The van der Waals surface area contributed by atoms with Gasteiger partial charge in [0.1, 0.15) is 0 Å². The lowest BCUT2D eigenvalue weighted by Crippen LogP contribution is -2.23. The average Bonchev–Trinajstić information content (AvgIpc) is 3.20. The third kappa shape index (κ3) is 3.31. The number of allylic oxidation sites excluding steroid dienone is 5. The Morgan fingerprint density at radius 2 is 2.22 bits per heavy atom. The quantitative estimate of drug-likeness (QED) is 0.723. The average molecular weight is 364 g/mol. The van der Waals surface area contributed by atoms with Crippen molar-refractivity contribution >= 4 is 5.57 Å². The Hall–Kier alpha value is -2.43. The molecule has 0 bridgehead atoms. The maximum atomic E-state index is 5.64. The van der Waals surface area contributed by atoms with Gasteiger partial charge in [0.25, 0.3) is 5.89 Å². The van der Waals surface area contributed by atoms with Gasteiger partial charge in [-0.25, -0.2) is 0 Å². The highest BCUT2D eigenvalue weighted by molar-refractivity contribution is 5.76. The second-order valence-corrected chi connectivity index (χ2v) is 8.65. The summed E-state index contributed by atoms with van der Waals surface area (Å²) in [5, 5.41) is 8.98. The van der Waals surface area contributed by atoms with Gasteiger partial charge >= 0.3 is 0 Å². The molecule has 1 unspecified atom stereocenters. The van der Waals surface area contributed by atoms with Crippen LogP contribution in [-0.2, 0) is 19.9 Å². The summed E-state index contributed by atoms with van der Waals surface area (Å²) >= 11 is 0. The molecule has 5 heteroatoms. The summed E-state index contributed by atoms with van der Waals surface area (Å²) in [6.45, 7) is 10.6. The Morgan fingerprint density at radius 3 is 2.96 bits per heavy atom. The molecule has 0 aromatic carbocycles. The van der Waals surface area contributed by atoms with Crippen molar-refractivity contribution in [2.24, 2.45) is 18.4 Å². The third-order valence-corrected chi connectivity index (χ3v) is 5.85. The number of aromatic nitrogens is 4. The Balaban J connectivity index is 1.63. The van der Waals surface area contributed by atoms with Crippen LogP contribution >= 0.6 is 0 Å². The molecule has 27 heavy (non-hydrogen) atoms. The minimum Gasteiger partial charge on any atom is -0.332 e. The smallest absolute Gasteiger partial charge is 0.279 e. The van der Waals surface area contributed by atoms with Crippen LogP contribution in [0.2, 0.25) is 0 Å². The zero-order chi connectivity index (χ0) is 19.2. The van der Waals surface area contributed by atoms with E-state index < -0.39 is 0 Å². The number of aryl methyl sites for hydroxylation is 1. The van der Waals surface area contributed by atoms with Gasteiger partial charge in [0.15, 0.2) is 5.69 Å². The minimum absolute atomic E-state index is 0.314. The van der Waals surface area contributed by atoms with Crippen molar-refractivity contribution in [3.05, 3.63) is 47.5 Å². The van der Waals surface area contributed by atoms with Crippen LogP contribution in [0.1, 0.15) is 57.1 Å². The molecule has 2 aliphatic rings. The number of rotatable bonds is 4. The van der Waals surface area contributed by atoms with Crippen molar-refractivity contribution in [3.63, 3.8) is 0 Å². The molecule has 0 saturated heterocycles. The predicted octanol–water partition coefficient (Wildman–Crippen LogP) is 4.91. The van der Waals surface area contributed by atoms with E-state index in [2.05, 4.69) is 44.7 Å². The maximum Gasteiger partial charge on any atom is 0.279 e. The van der Waals surface area contributed by atoms with Crippen molar-refractivity contribution in [1.29, 1.82) is 0 Å². The molecule has 0 aliphatic heterocycles. The summed E-state index contributed by atoms with van der Waals surface area (Å²) in [5.74, 6) is 1.71. The maximum absolute atomic E-state index is 5.64. The predicted molar refractivity (Wildman–Crippen MR) is 107 cm³/mol. The van der Waals surface area contributed by atoms with Crippen molar-refractivity contribution < 1.29 is 4.52 Å². The standard InChI is InChI=1S/C22H28N4O/c1-6-7-15-8-9-16(14(2)12-15)20-23-21(27-25-20)19-17-10-11-22(3,4)13-18(17)26(5)24-19/h6,9,12,15H,1,7-8,10-11,13H2,2-5H3. The van der Waals surface area contributed by atoms with Crippen LogP contribution in [0.25, 0.3) is 17.2 Å². The summed E-state index contributed by atoms with van der Waals surface area (Å²) in [5.41, 5.74) is 5.99. The number of hydrogen-bond acceptors (Lipinski definition) is 4. The largest absolute Gasteiger partial charge is 0.332 e. The van der Waals surface area contributed by atoms with Gasteiger partial charge < -0.3 is 4.52 Å². The zero-order valence-electron chi connectivity index (χ0n) is 16.7. The first-order chi connectivity index (χ1) is 12.9. The van der Waals surface area contributed by atoms with Crippen LogP contribution < -0.4 is 0 Å². The van der Waals surface area contributed by atoms with E-state index in [0.29, 0.717) is 23.0 Å². The van der Waals surface area contributed by atoms with E-state index >= 15 is 0 Å². The fourth-order valence-electron chi connectivity index (χ4n) is 4.28. The highest BCUT2D eigenvalue weighted by Gasteiger charge is 2.32. The molecule has 0 amide bonds. The van der Waals surface area contributed by atoms with E-state index in [1.54, 1.807) is 0 Å². The van der Waals surface area contributed by atoms with Crippen molar-refractivity contribution in [1.82, 2.24) is 19.9 Å². The minimum atomic E-state index is 0.314. The normalized spacial score (nSPS) is 21.4. The van der Waals surface area contributed by atoms with Crippen molar-refractivity contribution in [3.8, 4) is 11.6 Å². The Labute approximate surface area is 160 Å². The van der Waals surface area contributed by atoms with Crippen LogP contribution in [0.4, 0.5) is 0 Å². The van der Waals surface area contributed by atoms with Crippen LogP contribution in [0.3, 0.4) is 0 Å². The molecule has 1 atom stereocenters. The molecule has 2 aromatic rings. The number of nitrogens with zero attached hydrogens (tertiary/aromatic N) is 4. The molecule has 0 spiro atoms. The van der Waals surface area contributed by atoms with E-state index in [0.717, 1.165) is 43.4 Å². The van der Waals surface area contributed by atoms with Gasteiger partial charge in [-0.05, 0) is 55.9 Å². The van der Waals surface area contributed by atoms with E-state index in [1.807, 2.05) is 17.8 Å². The Morgan fingerprint density at radius 1 is 1.41 bits per heavy atom. The number of fused-ring (bicyclic) bond motifs is 1. The molecule has 2 aliphatic carbocycles. The molecule has 0 N–H and O–H groups in total. The molecule has 0 saturated carbocycles. The molecule has 4 rings (SSSR count). The Bertz CT molecular complexity index is 942. The van der Waals surface area contributed by atoms with Crippen molar-refractivity contribution in [2.75, 3.05) is 0 Å². The summed E-state index contributed by atoms with van der Waals surface area (Å²) in [4.78, 5) is 4.70. The van der Waals surface area contributed by atoms with Gasteiger partial charge in [0.05, 0.1) is 0 Å². The fraction of sp³-hybridized carbons (Fsp3) is 0.500. The zero-order valence-corrected chi connectivity index (χ0v) is 16.7. The highest BCUT2D eigenvalue weighted by atomic mass is 16.5. The monoisotopic (exact) mass is 364 g/mol. The summed E-state index contributed by atoms with van der Waals surface area (Å²) in [7, 11) is 2.01. The lowest BCUT2D eigenvalue weighted by Gasteiger charge is -2.29. The first-order valence-electron chi connectivity index (χ1n) is 9.77. The van der Waals surface area contributed by atoms with Gasteiger partial charge in [-0.3, -0.25) is 4.68 Å². The third-order valence-electron chi connectivity index (χ3n) is 5.85. The molecule has 2 heterocycles. The van der Waals surface area contributed by atoms with Crippen molar-refractivity contribution in [2.45, 2.75) is 52.9 Å². The molecule has 0 fully saturated rings. The van der Waals surface area contributed by atoms with Crippen LogP contribution in [-0.4, -0.2) is 19.9 Å². The van der Waals surface area contributed by atoms with Crippen LogP contribution in [0.5, 0.6) is 0 Å². The summed E-state index contributed by atoms with van der Waals surface area (Å²) in [6.07, 6.45) is 11.7. The van der Waals surface area contributed by atoms with E-state index in [1.165, 1.54) is 16.8 Å². The lowest BCUT2D eigenvalue weighted by molar-refractivity contribution is 0.306. The molecule has 5 nitrogen and oxygen atoms in total. The van der Waals surface area contributed by atoms with Crippen LogP contribution in [0, 0.1) is 11.3 Å². The van der Waals surface area contributed by atoms with Gasteiger partial charge in [-0.15, -0.1) is 6.58 Å². The summed E-state index contributed by atoms with van der Waals surface area (Å²) < 4.78 is 7.62. The van der Waals surface area contributed by atoms with E-state index in [9.17, 15) is 0 Å². The molecule has 2 aromatic heterocycles. The highest BCUT2D eigenvalue weighted by Crippen LogP contribution is 2.39. The molecule has 142 valence electrons. The molecular weight excluding hydrogens is 336 g/mol. The van der Waals surface area contributed by atoms with Gasteiger partial charge in [-0.2, -0.15) is 10.1 Å². The molecular formula is C22H28N4O. The fourth-order valence-corrected chi connectivity index (χ4v) is 4.28. The topological polar surface area (TPSA) is 56.7 Å². The van der Waals surface area contributed by atoms with E-state index in [-0.39, 0.29) is 0 Å². The van der Waals surface area contributed by atoms with Gasteiger partial charge in [0.2, 0.25) is 5.82 Å². The van der Waals surface area contributed by atoms with Gasteiger partial charge in [0, 0.05) is 23.9 Å². The second kappa shape index (κ2) is 6.63.